The second-order valence-electron chi connectivity index (χ2n) is 6.76. The van der Waals surface area contributed by atoms with Gasteiger partial charge in [-0.25, -0.2) is 18.9 Å². The first-order valence-electron chi connectivity index (χ1n) is 7.90. The molecule has 1 amide bonds. The van der Waals surface area contributed by atoms with E-state index in [1.807, 2.05) is 0 Å². The van der Waals surface area contributed by atoms with Crippen molar-refractivity contribution in [3.05, 3.63) is 48.0 Å². The van der Waals surface area contributed by atoms with Crippen LogP contribution in [0.2, 0.25) is 0 Å². The van der Waals surface area contributed by atoms with Crippen LogP contribution in [0.15, 0.2) is 36.7 Å². The molecule has 0 fully saturated rings. The van der Waals surface area contributed by atoms with Gasteiger partial charge in [0.25, 0.3) is 0 Å². The van der Waals surface area contributed by atoms with Gasteiger partial charge in [-0.1, -0.05) is 20.8 Å². The standard InChI is InChI=1S/C19H17FN4O2/c1-19(2,3)18(26)23-15-10-14-16(22-15)21-11-24(17(14)25)9-8-12-4-6-13(20)7-5-12/h4-7,10-11,25H,1-3H3,(H,23,26). The molecule has 3 rings (SSSR count). The van der Waals surface area contributed by atoms with Gasteiger partial charge >= 0.3 is 0 Å². The van der Waals surface area contributed by atoms with Crippen LogP contribution in [-0.2, 0) is 4.79 Å². The third kappa shape index (κ3) is 3.64. The molecule has 26 heavy (non-hydrogen) atoms. The molecule has 2 N–H and O–H groups in total. The molecule has 0 saturated heterocycles. The molecule has 0 radical (unpaired) electrons. The summed E-state index contributed by atoms with van der Waals surface area (Å²) >= 11 is 0. The van der Waals surface area contributed by atoms with Crippen molar-refractivity contribution in [3.8, 4) is 29.2 Å². The van der Waals surface area contributed by atoms with Gasteiger partial charge in [-0.05, 0) is 36.3 Å². The summed E-state index contributed by atoms with van der Waals surface area (Å²) in [5.74, 6) is 2.74. The number of aromatic nitrogens is 3. The van der Waals surface area contributed by atoms with Gasteiger partial charge in [0.2, 0.25) is 11.8 Å². The summed E-state index contributed by atoms with van der Waals surface area (Å²) in [6, 6.07) is 9.96. The number of nitrogens with zero attached hydrogens (tertiary/aromatic N) is 3. The number of rotatable bonds is 1. The number of fused-ring (bicyclic) bond motifs is 1. The Balaban J connectivity index is 1.91. The lowest BCUT2D eigenvalue weighted by Crippen LogP contribution is -2.27. The molecule has 2 aliphatic rings. The molecule has 0 aliphatic carbocycles. The highest BCUT2D eigenvalue weighted by Crippen LogP contribution is 2.31. The number of amides is 1. The zero-order chi connectivity index (χ0) is 18.9. The third-order valence-corrected chi connectivity index (χ3v) is 3.60. The summed E-state index contributed by atoms with van der Waals surface area (Å²) in [6.45, 7) is 5.37. The zero-order valence-electron chi connectivity index (χ0n) is 14.5. The average Bonchev–Trinajstić information content (AvgIpc) is 2.98. The van der Waals surface area contributed by atoms with E-state index >= 15 is 0 Å². The number of benzene rings is 1. The SMILES string of the molecule is CC(C)(C)C(=O)Nc1cc2c(O)n(C#Cc3ccc(F)cc3)cnc-2n1. The molecular weight excluding hydrogens is 335 g/mol. The molecule has 2 aliphatic heterocycles. The molecule has 1 aromatic carbocycles. The van der Waals surface area contributed by atoms with Gasteiger partial charge in [0.15, 0.2) is 5.82 Å². The summed E-state index contributed by atoms with van der Waals surface area (Å²) in [5.41, 5.74) is 0.392. The quantitative estimate of drug-likeness (QED) is 0.660. The second kappa shape index (κ2) is 6.48. The maximum Gasteiger partial charge on any atom is 0.230 e. The van der Waals surface area contributed by atoms with Gasteiger partial charge in [0.1, 0.15) is 18.0 Å². The van der Waals surface area contributed by atoms with Gasteiger partial charge in [0.05, 0.1) is 5.56 Å². The number of nitrogens with one attached hydrogen (secondary N) is 1. The molecular formula is C19H17FN4O2. The first-order chi connectivity index (χ1) is 12.2. The maximum absolute atomic E-state index is 12.9. The number of aromatic hydroxyl groups is 1. The fourth-order valence-corrected chi connectivity index (χ4v) is 2.08. The van der Waals surface area contributed by atoms with Crippen LogP contribution in [0.4, 0.5) is 10.2 Å². The van der Waals surface area contributed by atoms with Crippen LogP contribution in [-0.4, -0.2) is 25.5 Å². The number of carbonyl (C=O) groups is 1. The number of carbonyl (C=O) groups excluding carboxylic acids is 1. The molecule has 2 heterocycles. The Bertz CT molecular complexity index is 991. The lowest BCUT2D eigenvalue weighted by Gasteiger charge is -2.16. The van der Waals surface area contributed by atoms with Crippen molar-refractivity contribution in [1.82, 2.24) is 14.5 Å². The van der Waals surface area contributed by atoms with E-state index in [0.717, 1.165) is 0 Å². The largest absolute Gasteiger partial charge is 0.493 e. The topological polar surface area (TPSA) is 80.0 Å². The Labute approximate surface area is 150 Å². The van der Waals surface area contributed by atoms with Crippen molar-refractivity contribution in [3.63, 3.8) is 0 Å². The monoisotopic (exact) mass is 352 g/mol. The molecule has 0 unspecified atom stereocenters. The summed E-state index contributed by atoms with van der Waals surface area (Å²) < 4.78 is 14.2. The summed E-state index contributed by atoms with van der Waals surface area (Å²) in [6.07, 6.45) is 1.33. The van der Waals surface area contributed by atoms with Crippen LogP contribution in [0.1, 0.15) is 26.3 Å². The Kier molecular flexibility index (Phi) is 4.34. The van der Waals surface area contributed by atoms with Gasteiger partial charge in [-0.3, -0.25) is 4.79 Å². The molecule has 0 spiro atoms. The highest BCUT2D eigenvalue weighted by atomic mass is 19.1. The Morgan fingerprint density at radius 1 is 1.27 bits per heavy atom. The van der Waals surface area contributed by atoms with E-state index in [2.05, 4.69) is 27.2 Å². The predicted octanol–water partition coefficient (Wildman–Crippen LogP) is 3.07. The molecule has 6 nitrogen and oxygen atoms in total. The minimum absolute atomic E-state index is 0.145. The van der Waals surface area contributed by atoms with Gasteiger partial charge in [-0.15, -0.1) is 0 Å². The zero-order valence-corrected chi connectivity index (χ0v) is 14.5. The lowest BCUT2D eigenvalue weighted by atomic mass is 9.96. The number of halogens is 1. The predicted molar refractivity (Wildman–Crippen MR) is 95.1 cm³/mol. The lowest BCUT2D eigenvalue weighted by molar-refractivity contribution is -0.123. The van der Waals surface area contributed by atoms with Crippen LogP contribution in [0.25, 0.3) is 11.4 Å². The van der Waals surface area contributed by atoms with Gasteiger partial charge < -0.3 is 10.4 Å². The summed E-state index contributed by atoms with van der Waals surface area (Å²) in [7, 11) is 0. The van der Waals surface area contributed by atoms with Crippen LogP contribution in [0, 0.1) is 23.2 Å². The van der Waals surface area contributed by atoms with Crippen molar-refractivity contribution in [1.29, 1.82) is 0 Å². The van der Waals surface area contributed by atoms with E-state index in [9.17, 15) is 14.3 Å². The minimum atomic E-state index is -0.568. The van der Waals surface area contributed by atoms with Gasteiger partial charge in [0, 0.05) is 17.0 Å². The number of hydrogen-bond donors (Lipinski definition) is 2. The molecule has 0 atom stereocenters. The van der Waals surface area contributed by atoms with Gasteiger partial charge in [-0.2, -0.15) is 0 Å². The number of anilines is 1. The van der Waals surface area contributed by atoms with Crippen LogP contribution < -0.4 is 5.32 Å². The Morgan fingerprint density at radius 2 is 1.96 bits per heavy atom. The first-order valence-corrected chi connectivity index (χ1v) is 7.90. The van der Waals surface area contributed by atoms with E-state index in [0.29, 0.717) is 22.8 Å². The van der Waals surface area contributed by atoms with Crippen molar-refractivity contribution in [2.75, 3.05) is 5.32 Å². The molecule has 0 saturated carbocycles. The maximum atomic E-state index is 12.9. The van der Waals surface area contributed by atoms with E-state index in [1.54, 1.807) is 20.8 Å². The highest BCUT2D eigenvalue weighted by Gasteiger charge is 2.24. The van der Waals surface area contributed by atoms with Crippen LogP contribution >= 0.6 is 0 Å². The van der Waals surface area contributed by atoms with E-state index in [1.165, 1.54) is 41.2 Å². The Hall–Kier alpha value is -3.40. The number of hydrogen-bond acceptors (Lipinski definition) is 4. The summed E-state index contributed by atoms with van der Waals surface area (Å²) in [5, 5.41) is 13.1. The fourth-order valence-electron chi connectivity index (χ4n) is 2.08. The first kappa shape index (κ1) is 17.4. The van der Waals surface area contributed by atoms with E-state index in [-0.39, 0.29) is 17.6 Å². The second-order valence-corrected chi connectivity index (χ2v) is 6.76. The molecule has 0 aromatic heterocycles. The molecule has 1 aromatic rings. The van der Waals surface area contributed by atoms with E-state index in [4.69, 9.17) is 0 Å². The smallest absolute Gasteiger partial charge is 0.230 e. The minimum Gasteiger partial charge on any atom is -0.493 e. The van der Waals surface area contributed by atoms with Crippen molar-refractivity contribution in [2.24, 2.45) is 5.41 Å². The molecule has 132 valence electrons. The fraction of sp³-hybridized carbons (Fsp3) is 0.211. The van der Waals surface area contributed by atoms with Crippen molar-refractivity contribution in [2.45, 2.75) is 20.8 Å². The normalized spacial score (nSPS) is 11.1. The highest BCUT2D eigenvalue weighted by molar-refractivity contribution is 5.94. The third-order valence-electron chi connectivity index (χ3n) is 3.60. The van der Waals surface area contributed by atoms with Crippen LogP contribution in [0.5, 0.6) is 5.88 Å². The Morgan fingerprint density at radius 3 is 2.62 bits per heavy atom. The van der Waals surface area contributed by atoms with Crippen molar-refractivity contribution < 1.29 is 14.3 Å². The molecule has 7 heteroatoms. The van der Waals surface area contributed by atoms with E-state index < -0.39 is 5.41 Å². The van der Waals surface area contributed by atoms with Crippen LogP contribution in [0.3, 0.4) is 0 Å². The average molecular weight is 352 g/mol. The summed E-state index contributed by atoms with van der Waals surface area (Å²) in [4.78, 5) is 20.4. The van der Waals surface area contributed by atoms with Crippen molar-refractivity contribution >= 4 is 11.7 Å². The molecule has 0 bridgehead atoms.